The van der Waals surface area contributed by atoms with E-state index in [-0.39, 0.29) is 24.3 Å². The smallest absolute Gasteiger partial charge is 0.353 e. The molecule has 278 valence electrons. The summed E-state index contributed by atoms with van der Waals surface area (Å²) in [5, 5.41) is 7.81. The zero-order valence-electron chi connectivity index (χ0n) is 31.0. The largest absolute Gasteiger partial charge is 0.457 e. The van der Waals surface area contributed by atoms with Crippen LogP contribution in [0, 0.1) is 0 Å². The Labute approximate surface area is 311 Å². The minimum absolute atomic E-state index is 0.0940. The molecule has 1 atom stereocenters. The number of allylic oxidation sites excluding steroid dienone is 4. The van der Waals surface area contributed by atoms with E-state index < -0.39 is 46.7 Å². The second-order valence-corrected chi connectivity index (χ2v) is 14.1. The molecule has 11 heteroatoms. The maximum absolute atomic E-state index is 13.6. The standard InChI is InChI=1S/C36H40N2O7.C6H8N2/c1-34(2,3)44-32(42)29(23-39)21-22-36(37-24-40,33(43)45-35(4,5)6)38-31(41)28-19-17-27(18-20-28)30(25-13-9-7-10-14-25)26-15-11-8-12-16-26;7-6-4-2-1-3-5-8-6/h7-20,24,30H,21-22H2,1-6H3,(H,37,40)(H,38,41);1-5,8H,7H2/t36-;/m0./s1. The van der Waals surface area contributed by atoms with Crippen LogP contribution in [-0.2, 0) is 28.7 Å². The van der Waals surface area contributed by atoms with Crippen LogP contribution in [0.1, 0.15) is 87.4 Å². The van der Waals surface area contributed by atoms with Crippen molar-refractivity contribution in [2.24, 2.45) is 5.73 Å². The quantitative estimate of drug-likeness (QED) is 0.0457. The SMILES string of the molecule is CC(C)(C)OC(=O)C(=C=O)CC[C@](NC=O)(NC(=O)c1ccc(C(c2ccccc2)c2ccccc2)cc1)C(=O)OC(C)(C)C.NC1=CC=CC=CN1. The lowest BCUT2D eigenvalue weighted by Crippen LogP contribution is -2.65. The van der Waals surface area contributed by atoms with Crippen molar-refractivity contribution < 1.29 is 33.4 Å². The number of carbonyl (C=O) groups is 4. The van der Waals surface area contributed by atoms with Gasteiger partial charge in [-0.05, 0) is 88.9 Å². The molecular formula is C42H48N4O7. The Morgan fingerprint density at radius 2 is 1.34 bits per heavy atom. The van der Waals surface area contributed by atoms with E-state index in [1.807, 2.05) is 91.0 Å². The summed E-state index contributed by atoms with van der Waals surface area (Å²) in [5.74, 6) is -0.439. The van der Waals surface area contributed by atoms with E-state index in [4.69, 9.17) is 15.2 Å². The molecule has 11 nitrogen and oxygen atoms in total. The van der Waals surface area contributed by atoms with Gasteiger partial charge in [0, 0.05) is 24.1 Å². The molecule has 0 saturated carbocycles. The summed E-state index contributed by atoms with van der Waals surface area (Å²) in [6.45, 7) is 9.80. The third-order valence-electron chi connectivity index (χ3n) is 7.51. The average Bonchev–Trinajstić information content (AvgIpc) is 3.36. The summed E-state index contributed by atoms with van der Waals surface area (Å²) in [6, 6.07) is 26.9. The van der Waals surface area contributed by atoms with Gasteiger partial charge in [-0.25, -0.2) is 14.4 Å². The molecule has 0 unspecified atom stereocenters. The summed E-state index contributed by atoms with van der Waals surface area (Å²) in [6.07, 6.45) is 8.77. The molecule has 53 heavy (non-hydrogen) atoms. The number of esters is 2. The molecule has 2 amide bonds. The van der Waals surface area contributed by atoms with E-state index in [0.717, 1.165) is 16.7 Å². The second-order valence-electron chi connectivity index (χ2n) is 14.1. The molecule has 5 N–H and O–H groups in total. The minimum atomic E-state index is -2.12. The topological polar surface area (TPSA) is 166 Å². The van der Waals surface area contributed by atoms with Gasteiger partial charge in [-0.2, -0.15) is 0 Å². The second kappa shape index (κ2) is 18.9. The molecule has 0 aliphatic carbocycles. The Kier molecular flexibility index (Phi) is 14.7. The van der Waals surface area contributed by atoms with Crippen LogP contribution in [0.3, 0.4) is 0 Å². The van der Waals surface area contributed by atoms with Crippen LogP contribution in [-0.4, -0.2) is 47.1 Å². The van der Waals surface area contributed by atoms with Crippen molar-refractivity contribution in [3.63, 3.8) is 0 Å². The Bertz CT molecular complexity index is 1810. The average molecular weight is 721 g/mol. The predicted molar refractivity (Wildman–Crippen MR) is 203 cm³/mol. The molecule has 1 heterocycles. The van der Waals surface area contributed by atoms with Crippen molar-refractivity contribution in [3.8, 4) is 0 Å². The fourth-order valence-electron chi connectivity index (χ4n) is 5.13. The number of hydrogen-bond acceptors (Lipinski definition) is 9. The fraction of sp³-hybridized carbons (Fsp3) is 0.286. The van der Waals surface area contributed by atoms with Crippen LogP contribution in [0.4, 0.5) is 0 Å². The highest BCUT2D eigenvalue weighted by atomic mass is 16.6. The van der Waals surface area contributed by atoms with E-state index in [0.29, 0.717) is 5.82 Å². The molecule has 4 rings (SSSR count). The normalized spacial score (nSPS) is 13.3. The predicted octanol–water partition coefficient (Wildman–Crippen LogP) is 5.72. The van der Waals surface area contributed by atoms with Crippen LogP contribution in [0.25, 0.3) is 0 Å². The Morgan fingerprint density at radius 1 is 0.792 bits per heavy atom. The van der Waals surface area contributed by atoms with Crippen LogP contribution in [0.2, 0.25) is 0 Å². The van der Waals surface area contributed by atoms with Crippen molar-refractivity contribution in [3.05, 3.63) is 149 Å². The van der Waals surface area contributed by atoms with Crippen LogP contribution >= 0.6 is 0 Å². The van der Waals surface area contributed by atoms with Gasteiger partial charge in [0.2, 0.25) is 12.1 Å². The molecule has 0 saturated heterocycles. The number of nitrogens with two attached hydrogens (primary N) is 1. The van der Waals surface area contributed by atoms with E-state index in [1.165, 1.54) is 0 Å². The van der Waals surface area contributed by atoms with Gasteiger partial charge in [-0.3, -0.25) is 9.59 Å². The van der Waals surface area contributed by atoms with Gasteiger partial charge < -0.3 is 31.2 Å². The van der Waals surface area contributed by atoms with Gasteiger partial charge in [-0.1, -0.05) is 84.9 Å². The molecule has 1 aliphatic rings. The van der Waals surface area contributed by atoms with Crippen molar-refractivity contribution in [1.29, 1.82) is 0 Å². The zero-order chi connectivity index (χ0) is 39.1. The van der Waals surface area contributed by atoms with Crippen LogP contribution in [0.5, 0.6) is 0 Å². The van der Waals surface area contributed by atoms with Crippen LogP contribution < -0.4 is 21.7 Å². The Morgan fingerprint density at radius 3 is 1.85 bits per heavy atom. The highest BCUT2D eigenvalue weighted by molar-refractivity contribution is 5.99. The first-order valence-corrected chi connectivity index (χ1v) is 17.1. The molecule has 0 fully saturated rings. The number of hydrogen-bond donors (Lipinski definition) is 4. The molecule has 3 aromatic carbocycles. The molecule has 0 spiro atoms. The molecular weight excluding hydrogens is 672 g/mol. The van der Waals surface area contributed by atoms with Crippen molar-refractivity contribution in [1.82, 2.24) is 16.0 Å². The van der Waals surface area contributed by atoms with Crippen LogP contribution in [0.15, 0.2) is 127 Å². The van der Waals surface area contributed by atoms with Crippen molar-refractivity contribution in [2.75, 3.05) is 0 Å². The molecule has 0 bridgehead atoms. The summed E-state index contributed by atoms with van der Waals surface area (Å²) in [4.78, 5) is 63.2. The van der Waals surface area contributed by atoms with Crippen molar-refractivity contribution in [2.45, 2.75) is 77.2 Å². The first kappa shape index (κ1) is 41.2. The van der Waals surface area contributed by atoms with E-state index in [9.17, 15) is 24.0 Å². The minimum Gasteiger partial charge on any atom is -0.457 e. The lowest BCUT2D eigenvalue weighted by atomic mass is 9.85. The summed E-state index contributed by atoms with van der Waals surface area (Å²) >= 11 is 0. The maximum atomic E-state index is 13.6. The summed E-state index contributed by atoms with van der Waals surface area (Å²) in [7, 11) is 0. The van der Waals surface area contributed by atoms with Gasteiger partial charge >= 0.3 is 11.9 Å². The highest BCUT2D eigenvalue weighted by Gasteiger charge is 2.44. The number of rotatable bonds is 12. The third-order valence-corrected chi connectivity index (χ3v) is 7.51. The third kappa shape index (κ3) is 13.1. The summed E-state index contributed by atoms with van der Waals surface area (Å²) in [5.41, 5.74) is 4.29. The monoisotopic (exact) mass is 720 g/mol. The number of amides is 2. The zero-order valence-corrected chi connectivity index (χ0v) is 31.0. The number of benzene rings is 3. The lowest BCUT2D eigenvalue weighted by molar-refractivity contribution is -0.166. The maximum Gasteiger partial charge on any atom is 0.353 e. The van der Waals surface area contributed by atoms with Gasteiger partial charge in [0.05, 0.1) is 5.82 Å². The molecule has 0 aromatic heterocycles. The van der Waals surface area contributed by atoms with Gasteiger partial charge in [0.1, 0.15) is 22.7 Å². The number of nitrogens with one attached hydrogen (secondary N) is 3. The fourth-order valence-corrected chi connectivity index (χ4v) is 5.13. The van der Waals surface area contributed by atoms with Gasteiger partial charge in [0.15, 0.2) is 0 Å². The Balaban J connectivity index is 0.000000832. The summed E-state index contributed by atoms with van der Waals surface area (Å²) < 4.78 is 10.8. The molecule has 1 aliphatic heterocycles. The van der Waals surface area contributed by atoms with Crippen molar-refractivity contribution >= 4 is 30.2 Å². The first-order chi connectivity index (χ1) is 25.1. The number of ether oxygens (including phenoxy) is 2. The molecule has 3 aromatic rings. The number of carbonyl (C=O) groups excluding carboxylic acids is 5. The van der Waals surface area contributed by atoms with E-state index >= 15 is 0 Å². The van der Waals surface area contributed by atoms with Gasteiger partial charge in [-0.15, -0.1) is 0 Å². The lowest BCUT2D eigenvalue weighted by Gasteiger charge is -2.34. The van der Waals surface area contributed by atoms with E-state index in [2.05, 4.69) is 16.0 Å². The van der Waals surface area contributed by atoms with E-state index in [1.54, 1.807) is 71.9 Å². The Hall–Kier alpha value is -6.19. The highest BCUT2D eigenvalue weighted by Crippen LogP contribution is 2.32. The first-order valence-electron chi connectivity index (χ1n) is 17.1. The molecule has 0 radical (unpaired) electrons. The van der Waals surface area contributed by atoms with Gasteiger partial charge in [0.25, 0.3) is 5.91 Å².